The van der Waals surface area contributed by atoms with Gasteiger partial charge in [0.25, 0.3) is 0 Å². The van der Waals surface area contributed by atoms with Gasteiger partial charge in [-0.15, -0.1) is 11.3 Å². The fraction of sp³-hybridized carbons (Fsp3) is 0.500. The maximum absolute atomic E-state index is 12.9. The summed E-state index contributed by atoms with van der Waals surface area (Å²) < 4.78 is 0. The lowest BCUT2D eigenvalue weighted by molar-refractivity contribution is 0.208. The Labute approximate surface area is 200 Å². The fourth-order valence-electron chi connectivity index (χ4n) is 4.96. The van der Waals surface area contributed by atoms with Crippen LogP contribution in [0.1, 0.15) is 48.5 Å². The molecular weight excluding hydrogens is 430 g/mol. The lowest BCUT2D eigenvalue weighted by Gasteiger charge is -2.36. The van der Waals surface area contributed by atoms with Crippen molar-refractivity contribution in [3.8, 4) is 0 Å². The average Bonchev–Trinajstić information content (AvgIpc) is 3.17. The minimum absolute atomic E-state index is 0.0228. The van der Waals surface area contributed by atoms with Gasteiger partial charge in [0, 0.05) is 43.2 Å². The molecule has 2 aliphatic rings. The number of carbonyl (C=O) groups is 1. The normalized spacial score (nSPS) is 18.5. The molecule has 0 radical (unpaired) electrons. The summed E-state index contributed by atoms with van der Waals surface area (Å²) in [5.41, 5.74) is 3.43. The molecule has 1 aliphatic heterocycles. The van der Waals surface area contributed by atoms with Gasteiger partial charge in [0.15, 0.2) is 0 Å². The Bertz CT molecular complexity index is 1160. The van der Waals surface area contributed by atoms with Crippen molar-refractivity contribution in [1.29, 1.82) is 0 Å². The van der Waals surface area contributed by atoms with Crippen LogP contribution < -0.4 is 10.2 Å². The molecule has 5 rings (SSSR count). The van der Waals surface area contributed by atoms with Crippen LogP contribution in [-0.4, -0.2) is 47.1 Å². The first kappa shape index (κ1) is 22.1. The molecular formula is C26H33N5OS. The van der Waals surface area contributed by atoms with Gasteiger partial charge in [-0.05, 0) is 55.7 Å². The Balaban J connectivity index is 1.37. The molecule has 0 unspecified atom stereocenters. The highest BCUT2D eigenvalue weighted by Gasteiger charge is 2.28. The van der Waals surface area contributed by atoms with Gasteiger partial charge < -0.3 is 15.1 Å². The highest BCUT2D eigenvalue weighted by Crippen LogP contribution is 2.41. The second-order valence-electron chi connectivity index (χ2n) is 9.46. The molecule has 0 spiro atoms. The highest BCUT2D eigenvalue weighted by molar-refractivity contribution is 7.19. The third-order valence-corrected chi connectivity index (χ3v) is 8.06. The zero-order valence-electron chi connectivity index (χ0n) is 19.9. The summed E-state index contributed by atoms with van der Waals surface area (Å²) in [5, 5.41) is 4.35. The summed E-state index contributed by atoms with van der Waals surface area (Å²) in [6.45, 7) is 9.51. The number of aryl methyl sites for hydroxylation is 3. The predicted octanol–water partition coefficient (Wildman–Crippen LogP) is 5.43. The van der Waals surface area contributed by atoms with Gasteiger partial charge >= 0.3 is 6.03 Å². The Morgan fingerprint density at radius 1 is 1.18 bits per heavy atom. The number of piperazine rings is 1. The van der Waals surface area contributed by atoms with Crippen molar-refractivity contribution in [3.05, 3.63) is 46.1 Å². The molecule has 33 heavy (non-hydrogen) atoms. The zero-order chi connectivity index (χ0) is 22.9. The molecule has 2 aromatic heterocycles. The van der Waals surface area contributed by atoms with E-state index < -0.39 is 0 Å². The number of para-hydroxylation sites is 1. The molecule has 3 aromatic rings. The highest BCUT2D eigenvalue weighted by atomic mass is 32.1. The monoisotopic (exact) mass is 463 g/mol. The van der Waals surface area contributed by atoms with Crippen LogP contribution in [0.2, 0.25) is 0 Å². The van der Waals surface area contributed by atoms with Crippen LogP contribution in [0.3, 0.4) is 0 Å². The fourth-order valence-corrected chi connectivity index (χ4v) is 6.36. The summed E-state index contributed by atoms with van der Waals surface area (Å²) >= 11 is 1.88. The van der Waals surface area contributed by atoms with E-state index in [9.17, 15) is 4.79 Å². The number of carbonyl (C=O) groups excluding carboxylic acids is 1. The van der Waals surface area contributed by atoms with E-state index >= 15 is 0 Å². The summed E-state index contributed by atoms with van der Waals surface area (Å²) in [6, 6.07) is 7.89. The van der Waals surface area contributed by atoms with Crippen molar-refractivity contribution in [3.63, 3.8) is 0 Å². The molecule has 1 N–H and O–H groups in total. The van der Waals surface area contributed by atoms with Crippen LogP contribution in [0.4, 0.5) is 16.3 Å². The van der Waals surface area contributed by atoms with E-state index in [1.807, 2.05) is 47.4 Å². The SMILES string of the molecule is CCCc1nc(N2CCN(C(=O)Nc3ccccc3C)CC2)c2c3c(sc2n1)C[C@H](C)CC3. The summed E-state index contributed by atoms with van der Waals surface area (Å²) in [4.78, 5) is 29.8. The minimum atomic E-state index is -0.0228. The van der Waals surface area contributed by atoms with Crippen LogP contribution in [0.15, 0.2) is 24.3 Å². The average molecular weight is 464 g/mol. The number of nitrogens with zero attached hydrogens (tertiary/aromatic N) is 4. The van der Waals surface area contributed by atoms with Crippen LogP contribution >= 0.6 is 11.3 Å². The Kier molecular flexibility index (Phi) is 6.23. The van der Waals surface area contributed by atoms with Crippen LogP contribution in [0, 0.1) is 12.8 Å². The van der Waals surface area contributed by atoms with Crippen molar-refractivity contribution in [2.24, 2.45) is 5.92 Å². The number of urea groups is 1. The second-order valence-corrected chi connectivity index (χ2v) is 10.5. The molecule has 7 heteroatoms. The smallest absolute Gasteiger partial charge is 0.321 e. The molecule has 174 valence electrons. The van der Waals surface area contributed by atoms with E-state index in [4.69, 9.17) is 9.97 Å². The van der Waals surface area contributed by atoms with Gasteiger partial charge in [-0.25, -0.2) is 14.8 Å². The van der Waals surface area contributed by atoms with Crippen LogP contribution in [-0.2, 0) is 19.3 Å². The number of fused-ring (bicyclic) bond motifs is 3. The van der Waals surface area contributed by atoms with Gasteiger partial charge in [-0.2, -0.15) is 0 Å². The van der Waals surface area contributed by atoms with E-state index in [1.54, 1.807) is 0 Å². The lowest BCUT2D eigenvalue weighted by atomic mass is 9.89. The second kappa shape index (κ2) is 9.29. The van der Waals surface area contributed by atoms with E-state index in [0.29, 0.717) is 13.1 Å². The lowest BCUT2D eigenvalue weighted by Crippen LogP contribution is -2.50. The molecule has 3 heterocycles. The maximum Gasteiger partial charge on any atom is 0.321 e. The van der Waals surface area contributed by atoms with Gasteiger partial charge in [0.2, 0.25) is 0 Å². The number of hydrogen-bond donors (Lipinski definition) is 1. The number of thiophene rings is 1. The van der Waals surface area contributed by atoms with Crippen molar-refractivity contribution in [2.75, 3.05) is 36.4 Å². The number of amides is 2. The quantitative estimate of drug-likeness (QED) is 0.560. The van der Waals surface area contributed by atoms with Crippen molar-refractivity contribution in [1.82, 2.24) is 14.9 Å². The van der Waals surface area contributed by atoms with Crippen LogP contribution in [0.5, 0.6) is 0 Å². The molecule has 2 amide bonds. The third kappa shape index (κ3) is 4.43. The molecule has 1 atom stereocenters. The van der Waals surface area contributed by atoms with Crippen LogP contribution in [0.25, 0.3) is 10.2 Å². The van der Waals surface area contributed by atoms with E-state index in [0.717, 1.165) is 72.4 Å². The summed E-state index contributed by atoms with van der Waals surface area (Å²) in [5.74, 6) is 2.79. The molecule has 1 aliphatic carbocycles. The van der Waals surface area contributed by atoms with E-state index in [2.05, 4.69) is 24.1 Å². The van der Waals surface area contributed by atoms with Gasteiger partial charge in [0.1, 0.15) is 16.5 Å². The topological polar surface area (TPSA) is 61.4 Å². The Morgan fingerprint density at radius 2 is 1.97 bits per heavy atom. The van der Waals surface area contributed by atoms with Gasteiger partial charge in [-0.1, -0.05) is 32.0 Å². The molecule has 1 fully saturated rings. The Morgan fingerprint density at radius 3 is 2.73 bits per heavy atom. The maximum atomic E-state index is 12.9. The van der Waals surface area contributed by atoms with Gasteiger partial charge in [-0.3, -0.25) is 0 Å². The number of hydrogen-bond acceptors (Lipinski definition) is 5. The first-order valence-electron chi connectivity index (χ1n) is 12.2. The summed E-state index contributed by atoms with van der Waals surface area (Å²) in [6.07, 6.45) is 5.47. The molecule has 0 saturated carbocycles. The first-order chi connectivity index (χ1) is 16.0. The molecule has 1 aromatic carbocycles. The number of nitrogens with one attached hydrogen (secondary N) is 1. The number of benzene rings is 1. The van der Waals surface area contributed by atoms with Crippen molar-refractivity contribution < 1.29 is 4.79 Å². The van der Waals surface area contributed by atoms with E-state index in [-0.39, 0.29) is 6.03 Å². The molecule has 6 nitrogen and oxygen atoms in total. The number of rotatable bonds is 4. The van der Waals surface area contributed by atoms with Crippen molar-refractivity contribution in [2.45, 2.75) is 52.9 Å². The first-order valence-corrected chi connectivity index (χ1v) is 13.0. The van der Waals surface area contributed by atoms with Crippen molar-refractivity contribution >= 4 is 39.1 Å². The minimum Gasteiger partial charge on any atom is -0.352 e. The van der Waals surface area contributed by atoms with E-state index in [1.165, 1.54) is 22.2 Å². The third-order valence-electron chi connectivity index (χ3n) is 6.91. The number of anilines is 2. The zero-order valence-corrected chi connectivity index (χ0v) is 20.7. The standard InChI is InChI=1S/C26H33N5OS/c1-4-7-22-28-24(23-19-11-10-17(2)16-21(19)33-25(23)29-22)30-12-14-31(15-13-30)26(32)27-20-9-6-5-8-18(20)3/h5-6,8-9,17H,4,7,10-16H2,1-3H3,(H,27,32)/t17-/m1/s1. The number of aromatic nitrogens is 2. The molecule has 1 saturated heterocycles. The van der Waals surface area contributed by atoms with Gasteiger partial charge in [0.05, 0.1) is 5.39 Å². The summed E-state index contributed by atoms with van der Waals surface area (Å²) in [7, 11) is 0. The molecule has 0 bridgehead atoms. The largest absolute Gasteiger partial charge is 0.352 e. The Hall–Kier alpha value is -2.67. The predicted molar refractivity (Wildman–Crippen MR) is 137 cm³/mol.